The van der Waals surface area contributed by atoms with E-state index in [0.717, 1.165) is 0 Å². The quantitative estimate of drug-likeness (QED) is 0.562. The fourth-order valence-corrected chi connectivity index (χ4v) is 2.07. The minimum Gasteiger partial charge on any atom is -0.373 e. The van der Waals surface area contributed by atoms with Crippen molar-refractivity contribution in [3.63, 3.8) is 0 Å². The number of carbonyl (C=O) groups is 1. The van der Waals surface area contributed by atoms with E-state index in [1.165, 1.54) is 10.9 Å². The third kappa shape index (κ3) is 2.33. The van der Waals surface area contributed by atoms with Gasteiger partial charge in [0.1, 0.15) is 18.5 Å². The second-order valence-corrected chi connectivity index (χ2v) is 4.09. The van der Waals surface area contributed by atoms with E-state index in [1.807, 2.05) is 0 Å². The van der Waals surface area contributed by atoms with Gasteiger partial charge < -0.3 is 4.74 Å². The number of aryl methyl sites for hydroxylation is 1. The molecule has 0 aliphatic carbocycles. The smallest absolute Gasteiger partial charge is 0.310 e. The predicted molar refractivity (Wildman–Crippen MR) is 57.7 cm³/mol. The maximum atomic E-state index is 11.2. The lowest BCUT2D eigenvalue weighted by Crippen LogP contribution is -2.12. The van der Waals surface area contributed by atoms with E-state index in [4.69, 9.17) is 4.74 Å². The van der Waals surface area contributed by atoms with Gasteiger partial charge in [0.05, 0.1) is 11.5 Å². The number of aromatic nitrogens is 2. The Morgan fingerprint density at radius 2 is 2.41 bits per heavy atom. The molecule has 0 aromatic carbocycles. The molecule has 2 rings (SSSR count). The van der Waals surface area contributed by atoms with Gasteiger partial charge >= 0.3 is 5.69 Å². The number of hydrogen-bond acceptors (Lipinski definition) is 5. The SMILES string of the molecule is Cn1ncc([N+](=O)[O-])c1C1CCC(=O)COC1. The normalized spacial score (nSPS) is 21.2. The van der Waals surface area contributed by atoms with E-state index in [-0.39, 0.29) is 24.0 Å². The first-order valence-electron chi connectivity index (χ1n) is 5.35. The summed E-state index contributed by atoms with van der Waals surface area (Å²) in [6.07, 6.45) is 2.20. The average molecular weight is 239 g/mol. The fourth-order valence-electron chi connectivity index (χ4n) is 2.07. The van der Waals surface area contributed by atoms with Crippen LogP contribution in [0.2, 0.25) is 0 Å². The van der Waals surface area contributed by atoms with Gasteiger partial charge in [-0.05, 0) is 6.42 Å². The third-order valence-corrected chi connectivity index (χ3v) is 2.90. The van der Waals surface area contributed by atoms with Crippen LogP contribution in [0.4, 0.5) is 5.69 Å². The van der Waals surface area contributed by atoms with Crippen molar-refractivity contribution in [1.29, 1.82) is 0 Å². The fraction of sp³-hybridized carbons (Fsp3) is 0.600. The summed E-state index contributed by atoms with van der Waals surface area (Å²) >= 11 is 0. The van der Waals surface area contributed by atoms with Gasteiger partial charge in [-0.1, -0.05) is 0 Å². The van der Waals surface area contributed by atoms with E-state index in [9.17, 15) is 14.9 Å². The molecule has 0 bridgehead atoms. The molecule has 17 heavy (non-hydrogen) atoms. The zero-order valence-electron chi connectivity index (χ0n) is 9.46. The molecule has 1 atom stereocenters. The molecule has 0 radical (unpaired) electrons. The molecule has 1 aliphatic heterocycles. The number of ketones is 1. The van der Waals surface area contributed by atoms with Gasteiger partial charge in [0.25, 0.3) is 0 Å². The lowest BCUT2D eigenvalue weighted by Gasteiger charge is -2.12. The van der Waals surface area contributed by atoms with Crippen LogP contribution in [0.1, 0.15) is 24.5 Å². The third-order valence-electron chi connectivity index (χ3n) is 2.90. The van der Waals surface area contributed by atoms with Crippen molar-refractivity contribution < 1.29 is 14.5 Å². The first-order chi connectivity index (χ1) is 8.09. The molecule has 1 fully saturated rings. The van der Waals surface area contributed by atoms with Crippen LogP contribution in [0.15, 0.2) is 6.20 Å². The van der Waals surface area contributed by atoms with Crippen LogP contribution in [0.5, 0.6) is 0 Å². The molecule has 2 heterocycles. The summed E-state index contributed by atoms with van der Waals surface area (Å²) in [7, 11) is 1.66. The highest BCUT2D eigenvalue weighted by molar-refractivity contribution is 5.79. The number of carbonyl (C=O) groups excluding carboxylic acids is 1. The minimum absolute atomic E-state index is 0.00421. The van der Waals surface area contributed by atoms with Gasteiger partial charge in [-0.2, -0.15) is 5.10 Å². The zero-order valence-corrected chi connectivity index (χ0v) is 9.46. The maximum absolute atomic E-state index is 11.2. The summed E-state index contributed by atoms with van der Waals surface area (Å²) < 4.78 is 6.71. The number of nitro groups is 1. The van der Waals surface area contributed by atoms with Crippen LogP contribution in [0, 0.1) is 10.1 Å². The Morgan fingerprint density at radius 3 is 3.12 bits per heavy atom. The molecule has 7 heteroatoms. The molecular formula is C10H13N3O4. The first kappa shape index (κ1) is 11.7. The Labute approximate surface area is 97.5 Å². The summed E-state index contributed by atoms with van der Waals surface area (Å²) in [5.74, 6) is -0.105. The molecule has 0 saturated carbocycles. The predicted octanol–water partition coefficient (Wildman–Crippen LogP) is 0.791. The standard InChI is InChI=1S/C10H13N3O4/c1-12-10(9(4-11-12)13(15)16)7-2-3-8(14)6-17-5-7/h4,7H,2-3,5-6H2,1H3. The largest absolute Gasteiger partial charge is 0.373 e. The average Bonchev–Trinajstić information content (AvgIpc) is 2.52. The Bertz CT molecular complexity index is 454. The van der Waals surface area contributed by atoms with Crippen molar-refractivity contribution in [2.24, 2.45) is 7.05 Å². The second kappa shape index (κ2) is 4.62. The Balaban J connectivity index is 2.29. The van der Waals surface area contributed by atoms with Gasteiger partial charge in [0.2, 0.25) is 0 Å². The van der Waals surface area contributed by atoms with Gasteiger partial charge in [-0.15, -0.1) is 0 Å². The number of nitrogens with zero attached hydrogens (tertiary/aromatic N) is 3. The van der Waals surface area contributed by atoms with E-state index < -0.39 is 4.92 Å². The molecule has 1 aliphatic rings. The molecule has 1 aromatic rings. The molecule has 1 aromatic heterocycles. The molecular weight excluding hydrogens is 226 g/mol. The molecule has 0 N–H and O–H groups in total. The van der Waals surface area contributed by atoms with Crippen LogP contribution >= 0.6 is 0 Å². The van der Waals surface area contributed by atoms with Crippen molar-refractivity contribution in [2.45, 2.75) is 18.8 Å². The van der Waals surface area contributed by atoms with Crippen LogP contribution in [0.3, 0.4) is 0 Å². The molecule has 92 valence electrons. The van der Waals surface area contributed by atoms with Crippen molar-refractivity contribution in [3.8, 4) is 0 Å². The number of Topliss-reactive ketones (excluding diaryl/α,β-unsaturated/α-hetero) is 1. The number of hydrogen-bond donors (Lipinski definition) is 0. The highest BCUT2D eigenvalue weighted by Gasteiger charge is 2.29. The molecule has 0 spiro atoms. The minimum atomic E-state index is -0.449. The monoisotopic (exact) mass is 239 g/mol. The summed E-state index contributed by atoms with van der Waals surface area (Å²) in [4.78, 5) is 21.6. The summed E-state index contributed by atoms with van der Waals surface area (Å²) in [6, 6.07) is 0. The second-order valence-electron chi connectivity index (χ2n) is 4.09. The van der Waals surface area contributed by atoms with E-state index in [0.29, 0.717) is 25.1 Å². The molecule has 0 amide bonds. The van der Waals surface area contributed by atoms with Crippen LogP contribution in [-0.2, 0) is 16.6 Å². The van der Waals surface area contributed by atoms with Crippen LogP contribution in [0.25, 0.3) is 0 Å². The van der Waals surface area contributed by atoms with Crippen molar-refractivity contribution in [1.82, 2.24) is 9.78 Å². The van der Waals surface area contributed by atoms with Crippen molar-refractivity contribution >= 4 is 11.5 Å². The summed E-state index contributed by atoms with van der Waals surface area (Å²) in [5.41, 5.74) is 0.528. The molecule has 7 nitrogen and oxygen atoms in total. The lowest BCUT2D eigenvalue weighted by molar-refractivity contribution is -0.385. The topological polar surface area (TPSA) is 87.3 Å². The van der Waals surface area contributed by atoms with Gasteiger partial charge in [-0.3, -0.25) is 19.6 Å². The molecule has 1 saturated heterocycles. The van der Waals surface area contributed by atoms with E-state index >= 15 is 0 Å². The number of ether oxygens (including phenoxy) is 1. The van der Waals surface area contributed by atoms with Gasteiger partial charge in [0.15, 0.2) is 5.78 Å². The maximum Gasteiger partial charge on any atom is 0.310 e. The van der Waals surface area contributed by atoms with Crippen molar-refractivity contribution in [2.75, 3.05) is 13.2 Å². The zero-order chi connectivity index (χ0) is 12.4. The summed E-state index contributed by atoms with van der Waals surface area (Å²) in [5, 5.41) is 14.8. The Kier molecular flexibility index (Phi) is 3.19. The lowest BCUT2D eigenvalue weighted by atomic mass is 9.99. The van der Waals surface area contributed by atoms with Crippen LogP contribution in [-0.4, -0.2) is 33.7 Å². The van der Waals surface area contributed by atoms with E-state index in [2.05, 4.69) is 5.10 Å². The number of rotatable bonds is 2. The van der Waals surface area contributed by atoms with Crippen molar-refractivity contribution in [3.05, 3.63) is 22.0 Å². The Morgan fingerprint density at radius 1 is 1.65 bits per heavy atom. The first-order valence-corrected chi connectivity index (χ1v) is 5.35. The van der Waals surface area contributed by atoms with Crippen LogP contribution < -0.4 is 0 Å². The highest BCUT2D eigenvalue weighted by atomic mass is 16.6. The summed E-state index contributed by atoms with van der Waals surface area (Å²) in [6.45, 7) is 0.425. The highest BCUT2D eigenvalue weighted by Crippen LogP contribution is 2.30. The van der Waals surface area contributed by atoms with Gasteiger partial charge in [-0.25, -0.2) is 0 Å². The molecule has 1 unspecified atom stereocenters. The van der Waals surface area contributed by atoms with E-state index in [1.54, 1.807) is 7.05 Å². The Hall–Kier alpha value is -1.76. The van der Waals surface area contributed by atoms with Gasteiger partial charge in [0, 0.05) is 19.4 Å².